The highest BCUT2D eigenvalue weighted by Gasteiger charge is 2.13. The van der Waals surface area contributed by atoms with Gasteiger partial charge in [0.25, 0.3) is 5.91 Å². The lowest BCUT2D eigenvalue weighted by Crippen LogP contribution is -2.22. The zero-order chi connectivity index (χ0) is 14.8. The summed E-state index contributed by atoms with van der Waals surface area (Å²) in [7, 11) is 0. The van der Waals surface area contributed by atoms with Crippen LogP contribution in [0.5, 0.6) is 17.2 Å². The molecule has 0 unspecified atom stereocenters. The zero-order valence-corrected chi connectivity index (χ0v) is 11.6. The summed E-state index contributed by atoms with van der Waals surface area (Å²) in [5.41, 5.74) is 2.12. The summed E-state index contributed by atoms with van der Waals surface area (Å²) >= 11 is 0. The maximum atomic E-state index is 12.1. The van der Waals surface area contributed by atoms with Crippen LogP contribution in [0.1, 0.15) is 21.5 Å². The number of aromatic hydroxyl groups is 1. The molecule has 1 heterocycles. The van der Waals surface area contributed by atoms with E-state index in [1.54, 1.807) is 19.1 Å². The van der Waals surface area contributed by atoms with E-state index in [9.17, 15) is 9.90 Å². The Hall–Kier alpha value is -2.69. The van der Waals surface area contributed by atoms with Gasteiger partial charge in [-0.2, -0.15) is 0 Å². The normalized spacial score (nSPS) is 12.2. The second-order valence-corrected chi connectivity index (χ2v) is 4.87. The predicted octanol–water partition coefficient (Wildman–Crippen LogP) is 2.36. The Bertz CT molecular complexity index is 697. The zero-order valence-electron chi connectivity index (χ0n) is 11.6. The second-order valence-electron chi connectivity index (χ2n) is 4.87. The van der Waals surface area contributed by atoms with E-state index in [1.165, 1.54) is 6.07 Å². The number of phenols is 1. The van der Waals surface area contributed by atoms with Crippen LogP contribution in [-0.4, -0.2) is 17.8 Å². The number of hydrogen-bond donors (Lipinski definition) is 2. The van der Waals surface area contributed by atoms with Gasteiger partial charge in [0.15, 0.2) is 11.5 Å². The lowest BCUT2D eigenvalue weighted by Gasteiger charge is -2.07. The van der Waals surface area contributed by atoms with E-state index in [0.717, 1.165) is 11.3 Å². The first-order valence-corrected chi connectivity index (χ1v) is 6.60. The van der Waals surface area contributed by atoms with E-state index in [1.807, 2.05) is 18.2 Å². The van der Waals surface area contributed by atoms with Gasteiger partial charge >= 0.3 is 0 Å². The van der Waals surface area contributed by atoms with E-state index in [2.05, 4.69) is 5.32 Å². The Balaban J connectivity index is 1.67. The van der Waals surface area contributed by atoms with Crippen LogP contribution in [-0.2, 0) is 6.54 Å². The Morgan fingerprint density at radius 1 is 1.19 bits per heavy atom. The smallest absolute Gasteiger partial charge is 0.251 e. The number of carbonyl (C=O) groups is 1. The Labute approximate surface area is 122 Å². The Morgan fingerprint density at radius 2 is 2.00 bits per heavy atom. The largest absolute Gasteiger partial charge is 0.508 e. The van der Waals surface area contributed by atoms with Crippen molar-refractivity contribution in [2.75, 3.05) is 6.79 Å². The number of phenolic OH excluding ortho intramolecular Hbond substituents is 1. The first kappa shape index (κ1) is 13.3. The van der Waals surface area contributed by atoms with Crippen molar-refractivity contribution in [2.24, 2.45) is 0 Å². The lowest BCUT2D eigenvalue weighted by molar-refractivity contribution is 0.0950. The minimum Gasteiger partial charge on any atom is -0.508 e. The van der Waals surface area contributed by atoms with Crippen LogP contribution < -0.4 is 14.8 Å². The molecule has 0 bridgehead atoms. The van der Waals surface area contributed by atoms with Gasteiger partial charge in [-0.15, -0.1) is 0 Å². The molecule has 21 heavy (non-hydrogen) atoms. The number of nitrogens with one attached hydrogen (secondary N) is 1. The second kappa shape index (κ2) is 5.36. The molecule has 0 saturated carbocycles. The first-order valence-electron chi connectivity index (χ1n) is 6.60. The van der Waals surface area contributed by atoms with Gasteiger partial charge in [0.1, 0.15) is 5.75 Å². The molecule has 0 radical (unpaired) electrons. The van der Waals surface area contributed by atoms with Crippen molar-refractivity contribution in [2.45, 2.75) is 13.5 Å². The van der Waals surface area contributed by atoms with E-state index < -0.39 is 0 Å². The van der Waals surface area contributed by atoms with Gasteiger partial charge in [-0.25, -0.2) is 0 Å². The number of hydrogen-bond acceptors (Lipinski definition) is 4. The molecule has 5 nitrogen and oxygen atoms in total. The minimum atomic E-state index is -0.184. The Morgan fingerprint density at radius 3 is 2.81 bits per heavy atom. The fourth-order valence-electron chi connectivity index (χ4n) is 2.13. The van der Waals surface area contributed by atoms with E-state index >= 15 is 0 Å². The van der Waals surface area contributed by atoms with Crippen LogP contribution in [0.15, 0.2) is 36.4 Å². The van der Waals surface area contributed by atoms with Gasteiger partial charge in [0.05, 0.1) is 0 Å². The summed E-state index contributed by atoms with van der Waals surface area (Å²) in [5.74, 6) is 1.42. The van der Waals surface area contributed by atoms with Crippen LogP contribution in [0, 0.1) is 6.92 Å². The molecular weight excluding hydrogens is 270 g/mol. The number of rotatable bonds is 3. The topological polar surface area (TPSA) is 67.8 Å². The molecule has 0 spiro atoms. The van der Waals surface area contributed by atoms with Crippen molar-refractivity contribution < 1.29 is 19.4 Å². The van der Waals surface area contributed by atoms with Crippen molar-refractivity contribution in [1.29, 1.82) is 0 Å². The number of ether oxygens (including phenoxy) is 2. The van der Waals surface area contributed by atoms with Crippen molar-refractivity contribution in [3.8, 4) is 17.2 Å². The highest BCUT2D eigenvalue weighted by atomic mass is 16.7. The standard InChI is InChI=1S/C16H15NO4/c1-10-6-12(3-4-13(10)18)16(19)17-8-11-2-5-14-15(7-11)21-9-20-14/h2-7,18H,8-9H2,1H3,(H,17,19). The molecule has 2 N–H and O–H groups in total. The van der Waals surface area contributed by atoms with Crippen molar-refractivity contribution in [1.82, 2.24) is 5.32 Å². The molecule has 0 fully saturated rings. The highest BCUT2D eigenvalue weighted by Crippen LogP contribution is 2.32. The van der Waals surface area contributed by atoms with E-state index in [4.69, 9.17) is 9.47 Å². The van der Waals surface area contributed by atoms with E-state index in [0.29, 0.717) is 23.4 Å². The summed E-state index contributed by atoms with van der Waals surface area (Å²) < 4.78 is 10.5. The molecule has 1 aliphatic heterocycles. The Kier molecular flexibility index (Phi) is 3.39. The molecule has 108 valence electrons. The fourth-order valence-corrected chi connectivity index (χ4v) is 2.13. The average Bonchev–Trinajstić information content (AvgIpc) is 2.95. The third-order valence-corrected chi connectivity index (χ3v) is 3.35. The number of benzene rings is 2. The molecule has 1 aliphatic rings. The maximum absolute atomic E-state index is 12.1. The van der Waals surface area contributed by atoms with Gasteiger partial charge in [0, 0.05) is 12.1 Å². The molecule has 2 aromatic rings. The van der Waals surface area contributed by atoms with Crippen LogP contribution >= 0.6 is 0 Å². The van der Waals surface area contributed by atoms with Crippen molar-refractivity contribution in [3.05, 3.63) is 53.1 Å². The number of amides is 1. The average molecular weight is 285 g/mol. The third-order valence-electron chi connectivity index (χ3n) is 3.35. The molecule has 0 atom stereocenters. The number of carbonyl (C=O) groups excluding carboxylic acids is 1. The number of aryl methyl sites for hydroxylation is 1. The molecule has 5 heteroatoms. The molecule has 0 saturated heterocycles. The summed E-state index contributed by atoms with van der Waals surface area (Å²) in [6.07, 6.45) is 0. The lowest BCUT2D eigenvalue weighted by atomic mass is 10.1. The summed E-state index contributed by atoms with van der Waals surface area (Å²) in [6.45, 7) is 2.39. The summed E-state index contributed by atoms with van der Waals surface area (Å²) in [5, 5.41) is 12.3. The van der Waals surface area contributed by atoms with Crippen molar-refractivity contribution >= 4 is 5.91 Å². The molecule has 0 aromatic heterocycles. The van der Waals surface area contributed by atoms with Gasteiger partial charge in [-0.3, -0.25) is 4.79 Å². The van der Waals surface area contributed by atoms with Gasteiger partial charge < -0.3 is 19.9 Å². The fraction of sp³-hybridized carbons (Fsp3) is 0.188. The highest BCUT2D eigenvalue weighted by molar-refractivity contribution is 5.94. The summed E-state index contributed by atoms with van der Waals surface area (Å²) in [4.78, 5) is 12.1. The SMILES string of the molecule is Cc1cc(C(=O)NCc2ccc3c(c2)OCO3)ccc1O. The predicted molar refractivity (Wildman–Crippen MR) is 76.6 cm³/mol. The van der Waals surface area contributed by atoms with Gasteiger partial charge in [-0.05, 0) is 48.4 Å². The molecule has 1 amide bonds. The molecule has 3 rings (SSSR count). The van der Waals surface area contributed by atoms with Gasteiger partial charge in [-0.1, -0.05) is 6.07 Å². The van der Waals surface area contributed by atoms with Crippen LogP contribution in [0.4, 0.5) is 0 Å². The minimum absolute atomic E-state index is 0.183. The van der Waals surface area contributed by atoms with E-state index in [-0.39, 0.29) is 18.4 Å². The third kappa shape index (κ3) is 2.76. The molecular formula is C16H15NO4. The molecule has 2 aromatic carbocycles. The van der Waals surface area contributed by atoms with Crippen LogP contribution in [0.3, 0.4) is 0 Å². The van der Waals surface area contributed by atoms with Crippen molar-refractivity contribution in [3.63, 3.8) is 0 Å². The quantitative estimate of drug-likeness (QED) is 0.908. The maximum Gasteiger partial charge on any atom is 0.251 e. The van der Waals surface area contributed by atoms with Gasteiger partial charge in [0.2, 0.25) is 6.79 Å². The number of fused-ring (bicyclic) bond motifs is 1. The van der Waals surface area contributed by atoms with Crippen LogP contribution in [0.2, 0.25) is 0 Å². The molecule has 0 aliphatic carbocycles. The first-order chi connectivity index (χ1) is 10.1. The van der Waals surface area contributed by atoms with Crippen LogP contribution in [0.25, 0.3) is 0 Å². The summed E-state index contributed by atoms with van der Waals surface area (Å²) in [6, 6.07) is 10.3. The monoisotopic (exact) mass is 285 g/mol.